The first-order chi connectivity index (χ1) is 11.2. The average molecular weight is 391 g/mol. The van der Waals surface area contributed by atoms with Crippen molar-refractivity contribution in [2.24, 2.45) is 4.99 Å². The number of benzene rings is 2. The van der Waals surface area contributed by atoms with Gasteiger partial charge in [0.05, 0.1) is 16.8 Å². The lowest BCUT2D eigenvalue weighted by molar-refractivity contribution is 0.0997. The first-order valence-corrected chi connectivity index (χ1v) is 8.72. The smallest absolute Gasteiger partial charge is 0.279 e. The van der Waals surface area contributed by atoms with Crippen LogP contribution in [0.4, 0.5) is 0 Å². The number of fused-ring (bicyclic) bond motifs is 1. The third kappa shape index (κ3) is 3.60. The number of aromatic nitrogens is 1. The van der Waals surface area contributed by atoms with Crippen LogP contribution in [0.1, 0.15) is 10.4 Å². The van der Waals surface area contributed by atoms with E-state index in [-0.39, 0.29) is 5.91 Å². The summed E-state index contributed by atoms with van der Waals surface area (Å²) in [6, 6.07) is 15.3. The quantitative estimate of drug-likeness (QED) is 0.678. The largest absolute Gasteiger partial charge is 0.383 e. The number of halogens is 1. The highest BCUT2D eigenvalue weighted by Crippen LogP contribution is 2.17. The van der Waals surface area contributed by atoms with Crippen molar-refractivity contribution in [2.45, 2.75) is 6.54 Å². The summed E-state index contributed by atoms with van der Waals surface area (Å²) in [7, 11) is 1.67. The van der Waals surface area contributed by atoms with Gasteiger partial charge in [-0.25, -0.2) is 0 Å². The van der Waals surface area contributed by atoms with Gasteiger partial charge >= 0.3 is 0 Å². The molecular weight excluding hydrogens is 376 g/mol. The Labute approximate surface area is 146 Å². The molecule has 3 aromatic rings. The number of para-hydroxylation sites is 1. The molecule has 1 amide bonds. The molecule has 118 valence electrons. The number of methoxy groups -OCH3 is 1. The lowest BCUT2D eigenvalue weighted by Gasteiger charge is -2.04. The van der Waals surface area contributed by atoms with E-state index < -0.39 is 0 Å². The van der Waals surface area contributed by atoms with E-state index in [4.69, 9.17) is 4.74 Å². The normalized spacial score (nSPS) is 12.0. The first-order valence-electron chi connectivity index (χ1n) is 7.11. The lowest BCUT2D eigenvalue weighted by Crippen LogP contribution is -2.19. The summed E-state index contributed by atoms with van der Waals surface area (Å²) >= 11 is 4.89. The fourth-order valence-electron chi connectivity index (χ4n) is 2.28. The lowest BCUT2D eigenvalue weighted by atomic mass is 10.2. The van der Waals surface area contributed by atoms with Crippen molar-refractivity contribution in [2.75, 3.05) is 13.7 Å². The highest BCUT2D eigenvalue weighted by Gasteiger charge is 2.09. The SMILES string of the molecule is COCCn1c(=NC(=O)c2cccc(Br)c2)sc2ccccc21. The summed E-state index contributed by atoms with van der Waals surface area (Å²) in [5.74, 6) is -0.246. The molecule has 0 aliphatic rings. The standard InChI is InChI=1S/C17H15BrN2O2S/c1-22-10-9-20-14-7-2-3-8-15(14)23-17(20)19-16(21)12-5-4-6-13(18)11-12/h2-8,11H,9-10H2,1H3. The number of carbonyl (C=O) groups is 1. The first kappa shape index (κ1) is 16.1. The van der Waals surface area contributed by atoms with E-state index >= 15 is 0 Å². The number of hydrogen-bond acceptors (Lipinski definition) is 3. The zero-order valence-electron chi connectivity index (χ0n) is 12.5. The average Bonchev–Trinajstić information content (AvgIpc) is 2.90. The van der Waals surface area contributed by atoms with Gasteiger partial charge in [-0.2, -0.15) is 4.99 Å². The number of amides is 1. The molecule has 1 aromatic heterocycles. The van der Waals surface area contributed by atoms with Gasteiger partial charge in [-0.3, -0.25) is 4.79 Å². The van der Waals surface area contributed by atoms with Crippen molar-refractivity contribution in [3.8, 4) is 0 Å². The highest BCUT2D eigenvalue weighted by atomic mass is 79.9. The molecule has 0 bridgehead atoms. The van der Waals surface area contributed by atoms with Gasteiger partial charge in [0, 0.05) is 23.7 Å². The van der Waals surface area contributed by atoms with Crippen molar-refractivity contribution in [3.05, 3.63) is 63.4 Å². The van der Waals surface area contributed by atoms with Crippen LogP contribution >= 0.6 is 27.3 Å². The van der Waals surface area contributed by atoms with Crippen LogP contribution in [0.3, 0.4) is 0 Å². The molecule has 0 fully saturated rings. The van der Waals surface area contributed by atoms with E-state index in [0.29, 0.717) is 23.5 Å². The Hall–Kier alpha value is -1.76. The van der Waals surface area contributed by atoms with E-state index in [0.717, 1.165) is 14.7 Å². The molecule has 2 aromatic carbocycles. The Morgan fingerprint density at radius 3 is 2.87 bits per heavy atom. The van der Waals surface area contributed by atoms with Gasteiger partial charge in [-0.05, 0) is 30.3 Å². The minimum atomic E-state index is -0.246. The molecule has 0 radical (unpaired) electrons. The number of thiazole rings is 1. The van der Waals surface area contributed by atoms with Crippen molar-refractivity contribution in [1.29, 1.82) is 0 Å². The Morgan fingerprint density at radius 2 is 2.09 bits per heavy atom. The van der Waals surface area contributed by atoms with Crippen LogP contribution in [-0.2, 0) is 11.3 Å². The van der Waals surface area contributed by atoms with Crippen molar-refractivity contribution in [3.63, 3.8) is 0 Å². The van der Waals surface area contributed by atoms with Gasteiger partial charge in [-0.15, -0.1) is 0 Å². The van der Waals surface area contributed by atoms with Crippen LogP contribution in [0.2, 0.25) is 0 Å². The Bertz CT molecular complexity index is 914. The van der Waals surface area contributed by atoms with Crippen molar-refractivity contribution >= 4 is 43.4 Å². The summed E-state index contributed by atoms with van der Waals surface area (Å²) in [6.45, 7) is 1.23. The fourth-order valence-corrected chi connectivity index (χ4v) is 3.73. The summed E-state index contributed by atoms with van der Waals surface area (Å²) in [6.07, 6.45) is 0. The predicted molar refractivity (Wildman–Crippen MR) is 95.7 cm³/mol. The summed E-state index contributed by atoms with van der Waals surface area (Å²) in [5.41, 5.74) is 1.63. The molecule has 4 nitrogen and oxygen atoms in total. The van der Waals surface area contributed by atoms with Gasteiger partial charge in [0.1, 0.15) is 0 Å². The number of carbonyl (C=O) groups excluding carboxylic acids is 1. The highest BCUT2D eigenvalue weighted by molar-refractivity contribution is 9.10. The van der Waals surface area contributed by atoms with E-state index in [9.17, 15) is 4.79 Å². The van der Waals surface area contributed by atoms with Crippen LogP contribution < -0.4 is 4.80 Å². The molecule has 0 aliphatic carbocycles. The third-order valence-corrected chi connectivity index (χ3v) is 4.93. The molecule has 0 atom stereocenters. The second-order valence-electron chi connectivity index (χ2n) is 4.92. The molecule has 0 aliphatic heterocycles. The molecule has 1 heterocycles. The third-order valence-electron chi connectivity index (χ3n) is 3.38. The van der Waals surface area contributed by atoms with Crippen LogP contribution in [0, 0.1) is 0 Å². The second kappa shape index (κ2) is 7.21. The molecule has 3 rings (SSSR count). The Kier molecular flexibility index (Phi) is 5.05. The number of nitrogens with zero attached hydrogens (tertiary/aromatic N) is 2. The van der Waals surface area contributed by atoms with Crippen molar-refractivity contribution in [1.82, 2.24) is 4.57 Å². The molecule has 0 spiro atoms. The van der Waals surface area contributed by atoms with E-state index in [1.54, 1.807) is 19.2 Å². The minimum Gasteiger partial charge on any atom is -0.383 e. The molecule has 0 saturated heterocycles. The number of hydrogen-bond donors (Lipinski definition) is 0. The molecule has 6 heteroatoms. The molecule has 0 unspecified atom stereocenters. The second-order valence-corrected chi connectivity index (χ2v) is 6.85. The predicted octanol–water partition coefficient (Wildman–Crippen LogP) is 3.85. The molecule has 0 saturated carbocycles. The van der Waals surface area contributed by atoms with E-state index in [2.05, 4.69) is 20.9 Å². The molecule has 23 heavy (non-hydrogen) atoms. The van der Waals surface area contributed by atoms with Crippen molar-refractivity contribution < 1.29 is 9.53 Å². The van der Waals surface area contributed by atoms with Gasteiger partial charge in [-0.1, -0.05) is 45.5 Å². The van der Waals surface area contributed by atoms with E-state index in [1.165, 1.54) is 11.3 Å². The van der Waals surface area contributed by atoms with Gasteiger partial charge in [0.2, 0.25) is 0 Å². The Balaban J connectivity index is 2.08. The van der Waals surface area contributed by atoms with Crippen LogP contribution in [0.15, 0.2) is 58.0 Å². The van der Waals surface area contributed by atoms with E-state index in [1.807, 2.05) is 41.0 Å². The van der Waals surface area contributed by atoms with Gasteiger partial charge in [0.25, 0.3) is 5.91 Å². The summed E-state index contributed by atoms with van der Waals surface area (Å²) < 4.78 is 9.17. The monoisotopic (exact) mass is 390 g/mol. The maximum Gasteiger partial charge on any atom is 0.279 e. The maximum absolute atomic E-state index is 12.4. The van der Waals surface area contributed by atoms with Crippen LogP contribution in [-0.4, -0.2) is 24.2 Å². The summed E-state index contributed by atoms with van der Waals surface area (Å²) in [5, 5.41) is 0. The Morgan fingerprint density at radius 1 is 1.26 bits per heavy atom. The molecular formula is C17H15BrN2O2S. The zero-order valence-corrected chi connectivity index (χ0v) is 14.9. The molecule has 0 N–H and O–H groups in total. The van der Waals surface area contributed by atoms with Gasteiger partial charge < -0.3 is 9.30 Å². The maximum atomic E-state index is 12.4. The fraction of sp³-hybridized carbons (Fsp3) is 0.176. The van der Waals surface area contributed by atoms with Gasteiger partial charge in [0.15, 0.2) is 4.80 Å². The topological polar surface area (TPSA) is 43.6 Å². The van der Waals surface area contributed by atoms with Crippen LogP contribution in [0.25, 0.3) is 10.2 Å². The number of rotatable bonds is 4. The zero-order chi connectivity index (χ0) is 16.2. The number of ether oxygens (including phenoxy) is 1. The summed E-state index contributed by atoms with van der Waals surface area (Å²) in [4.78, 5) is 17.5. The minimum absolute atomic E-state index is 0.246. The van der Waals surface area contributed by atoms with Crippen LogP contribution in [0.5, 0.6) is 0 Å².